The highest BCUT2D eigenvalue weighted by Gasteiger charge is 2.20. The number of hydrogen-bond donors (Lipinski definition) is 0. The molecule has 66 heavy (non-hydrogen) atoms. The number of ether oxygens (including phenoxy) is 2. The maximum absolute atomic E-state index is 12.8. The molecule has 0 saturated heterocycles. The molecule has 9 heteroatoms. The molecule has 0 saturated carbocycles. The number of esters is 1. The lowest BCUT2D eigenvalue weighted by atomic mass is 10.0. The second-order valence-corrected chi connectivity index (χ2v) is 22.1. The van der Waals surface area contributed by atoms with E-state index in [0.29, 0.717) is 24.1 Å². The van der Waals surface area contributed by atoms with E-state index >= 15 is 0 Å². The quantitative estimate of drug-likeness (QED) is 0.0197. The fourth-order valence-corrected chi connectivity index (χ4v) is 9.07. The standard InChI is InChI=1S/C57H112NO7P/c1-6-8-10-12-14-16-18-20-22-24-26-28-30-32-34-36-38-40-42-44-46-48-50-57(59)65-56(55-64-66(60,61)63-53-51-58(3,4)5)54-62-52-49-47-45-43-41-39-37-35-33-31-29-27-25-23-21-19-17-15-13-11-9-7-2/h19,21,25,27,56H,6-18,20,22-24,26,28-55H2,1-5H3/b21-19-,27-25-. The molecule has 0 rings (SSSR count). The van der Waals surface area contributed by atoms with Gasteiger partial charge in [-0.2, -0.15) is 0 Å². The molecule has 0 aliphatic carbocycles. The molecule has 0 aromatic carbocycles. The van der Waals surface area contributed by atoms with Crippen LogP contribution in [0.5, 0.6) is 0 Å². The van der Waals surface area contributed by atoms with E-state index in [2.05, 4.69) is 38.2 Å². The molecule has 0 aromatic rings. The molecule has 0 amide bonds. The highest BCUT2D eigenvalue weighted by molar-refractivity contribution is 7.45. The number of rotatable bonds is 54. The first-order valence-corrected chi connectivity index (χ1v) is 30.0. The third kappa shape index (κ3) is 53.9. The van der Waals surface area contributed by atoms with Gasteiger partial charge in [0.15, 0.2) is 0 Å². The Hall–Kier alpha value is -1.02. The van der Waals surface area contributed by atoms with Crippen molar-refractivity contribution in [2.45, 2.75) is 283 Å². The molecule has 2 atom stereocenters. The predicted molar refractivity (Wildman–Crippen MR) is 282 cm³/mol. The zero-order valence-corrected chi connectivity index (χ0v) is 45.6. The summed E-state index contributed by atoms with van der Waals surface area (Å²) in [5, 5.41) is 0. The van der Waals surface area contributed by atoms with E-state index in [1.807, 2.05) is 21.1 Å². The SMILES string of the molecule is CCCCCCC/C=C\C/C=C\CCCCCCCCCCCCOCC(COP(=O)([O-])OCC[N+](C)(C)C)OC(=O)CCCCCCCCCCCCCCCCCCCCCCCC. The van der Waals surface area contributed by atoms with Crippen LogP contribution in [0.25, 0.3) is 0 Å². The molecule has 0 bridgehead atoms. The maximum Gasteiger partial charge on any atom is 0.306 e. The molecule has 0 N–H and O–H groups in total. The molecule has 0 aliphatic rings. The van der Waals surface area contributed by atoms with Gasteiger partial charge < -0.3 is 27.9 Å². The Balaban J connectivity index is 4.05. The van der Waals surface area contributed by atoms with E-state index in [4.69, 9.17) is 18.5 Å². The van der Waals surface area contributed by atoms with E-state index in [9.17, 15) is 14.3 Å². The molecule has 0 aromatic heterocycles. The Morgan fingerprint density at radius 1 is 0.470 bits per heavy atom. The number of phosphoric ester groups is 1. The van der Waals surface area contributed by atoms with Gasteiger partial charge in [0.1, 0.15) is 19.3 Å². The largest absolute Gasteiger partial charge is 0.756 e. The number of carbonyl (C=O) groups is 1. The smallest absolute Gasteiger partial charge is 0.306 e. The van der Waals surface area contributed by atoms with Crippen LogP contribution in [0.3, 0.4) is 0 Å². The summed E-state index contributed by atoms with van der Waals surface area (Å²) in [5.41, 5.74) is 0. The van der Waals surface area contributed by atoms with Crippen LogP contribution in [-0.4, -0.2) is 70.7 Å². The third-order valence-electron chi connectivity index (χ3n) is 12.8. The topological polar surface area (TPSA) is 94.1 Å². The Bertz CT molecular complexity index is 1110. The summed E-state index contributed by atoms with van der Waals surface area (Å²) < 4.78 is 34.9. The minimum Gasteiger partial charge on any atom is -0.756 e. The van der Waals surface area contributed by atoms with Crippen molar-refractivity contribution < 1.29 is 37.3 Å². The molecule has 0 radical (unpaired) electrons. The van der Waals surface area contributed by atoms with Crippen LogP contribution in [0.15, 0.2) is 24.3 Å². The predicted octanol–water partition coefficient (Wildman–Crippen LogP) is 17.3. The Morgan fingerprint density at radius 2 is 0.833 bits per heavy atom. The molecule has 2 unspecified atom stereocenters. The zero-order valence-electron chi connectivity index (χ0n) is 44.7. The lowest BCUT2D eigenvalue weighted by Crippen LogP contribution is -2.37. The molecule has 8 nitrogen and oxygen atoms in total. The van der Waals surface area contributed by atoms with Crippen molar-refractivity contribution in [3.63, 3.8) is 0 Å². The summed E-state index contributed by atoms with van der Waals surface area (Å²) in [7, 11) is 1.37. The second-order valence-electron chi connectivity index (χ2n) is 20.7. The van der Waals surface area contributed by atoms with Crippen molar-refractivity contribution >= 4 is 13.8 Å². The summed E-state index contributed by atoms with van der Waals surface area (Å²) in [5.74, 6) is -0.328. The van der Waals surface area contributed by atoms with Gasteiger partial charge in [-0.25, -0.2) is 0 Å². The minimum atomic E-state index is -4.53. The van der Waals surface area contributed by atoms with Crippen LogP contribution in [0.1, 0.15) is 277 Å². The number of likely N-dealkylation sites (N-methyl/N-ethyl adjacent to an activating group) is 1. The van der Waals surface area contributed by atoms with Gasteiger partial charge in [0, 0.05) is 13.0 Å². The summed E-state index contributed by atoms with van der Waals surface area (Å²) >= 11 is 0. The number of nitrogens with zero attached hydrogens (tertiary/aromatic N) is 1. The van der Waals surface area contributed by atoms with E-state index in [0.717, 1.165) is 38.5 Å². The van der Waals surface area contributed by atoms with Gasteiger partial charge in [0.2, 0.25) is 0 Å². The lowest BCUT2D eigenvalue weighted by molar-refractivity contribution is -0.870. The maximum atomic E-state index is 12.8. The molecule has 0 fully saturated rings. The van der Waals surface area contributed by atoms with Crippen molar-refractivity contribution in [2.24, 2.45) is 0 Å². The summed E-state index contributed by atoms with van der Waals surface area (Å²) in [6.07, 6.45) is 60.7. The first-order chi connectivity index (χ1) is 32.1. The van der Waals surface area contributed by atoms with Gasteiger partial charge in [-0.1, -0.05) is 250 Å². The van der Waals surface area contributed by atoms with Gasteiger partial charge in [-0.15, -0.1) is 0 Å². The van der Waals surface area contributed by atoms with Crippen LogP contribution in [-0.2, 0) is 27.9 Å². The van der Waals surface area contributed by atoms with Gasteiger partial charge in [0.05, 0.1) is 34.4 Å². The van der Waals surface area contributed by atoms with Crippen LogP contribution in [0, 0.1) is 0 Å². The molecule has 0 heterocycles. The van der Waals surface area contributed by atoms with E-state index in [1.54, 1.807) is 0 Å². The fraction of sp³-hybridized carbons (Fsp3) is 0.912. The van der Waals surface area contributed by atoms with Gasteiger partial charge in [-0.3, -0.25) is 9.36 Å². The monoisotopic (exact) mass is 954 g/mol. The number of allylic oxidation sites excluding steroid dienone is 4. The van der Waals surface area contributed by atoms with Crippen molar-refractivity contribution in [1.82, 2.24) is 0 Å². The number of quaternary nitrogens is 1. The molecular weight excluding hydrogens is 842 g/mol. The van der Waals surface area contributed by atoms with Crippen molar-refractivity contribution in [1.29, 1.82) is 0 Å². The number of hydrogen-bond acceptors (Lipinski definition) is 7. The van der Waals surface area contributed by atoms with Gasteiger partial charge >= 0.3 is 5.97 Å². The van der Waals surface area contributed by atoms with E-state index < -0.39 is 13.9 Å². The van der Waals surface area contributed by atoms with Crippen molar-refractivity contribution in [3.05, 3.63) is 24.3 Å². The summed E-state index contributed by atoms with van der Waals surface area (Å²) in [6.45, 7) is 5.46. The highest BCUT2D eigenvalue weighted by Crippen LogP contribution is 2.38. The molecule has 0 aliphatic heterocycles. The molecule has 392 valence electrons. The fourth-order valence-electron chi connectivity index (χ4n) is 8.35. The summed E-state index contributed by atoms with van der Waals surface area (Å²) in [6, 6.07) is 0. The first-order valence-electron chi connectivity index (χ1n) is 28.6. The average Bonchev–Trinajstić information content (AvgIpc) is 3.28. The Morgan fingerprint density at radius 3 is 1.23 bits per heavy atom. The number of phosphoric acid groups is 1. The Kier molecular flexibility index (Phi) is 49.6. The molecule has 0 spiro atoms. The third-order valence-corrected chi connectivity index (χ3v) is 13.7. The van der Waals surface area contributed by atoms with E-state index in [-0.39, 0.29) is 25.8 Å². The normalized spacial score (nSPS) is 13.6. The lowest BCUT2D eigenvalue weighted by Gasteiger charge is -2.28. The van der Waals surface area contributed by atoms with Crippen LogP contribution in [0.2, 0.25) is 0 Å². The molecular formula is C57H112NO7P. The van der Waals surface area contributed by atoms with Crippen LogP contribution >= 0.6 is 7.82 Å². The second kappa shape index (κ2) is 50.4. The highest BCUT2D eigenvalue weighted by atomic mass is 31.2. The van der Waals surface area contributed by atoms with Crippen molar-refractivity contribution in [3.8, 4) is 0 Å². The Labute approximate surface area is 411 Å². The van der Waals surface area contributed by atoms with E-state index in [1.165, 1.54) is 218 Å². The zero-order chi connectivity index (χ0) is 48.3. The van der Waals surface area contributed by atoms with Crippen LogP contribution in [0.4, 0.5) is 0 Å². The first kappa shape index (κ1) is 65.0. The van der Waals surface area contributed by atoms with Gasteiger partial charge in [-0.05, 0) is 44.9 Å². The van der Waals surface area contributed by atoms with Gasteiger partial charge in [0.25, 0.3) is 7.82 Å². The van der Waals surface area contributed by atoms with Crippen LogP contribution < -0.4 is 4.89 Å². The summed E-state index contributed by atoms with van der Waals surface area (Å²) in [4.78, 5) is 25.2. The average molecular weight is 954 g/mol. The minimum absolute atomic E-state index is 0.0282. The number of carbonyl (C=O) groups excluding carboxylic acids is 1. The number of unbranched alkanes of at least 4 members (excludes halogenated alkanes) is 36. The van der Waals surface area contributed by atoms with Crippen molar-refractivity contribution in [2.75, 3.05) is 54.1 Å².